The first-order valence-corrected chi connectivity index (χ1v) is 7.22. The monoisotopic (exact) mass is 246 g/mol. The molecule has 0 bridgehead atoms. The molecule has 0 amide bonds. The Morgan fingerprint density at radius 1 is 1.17 bits per heavy atom. The molecule has 1 heterocycles. The lowest BCUT2D eigenvalue weighted by Crippen LogP contribution is -2.44. The standard InChI is InChI=1S/C15H22N2O/c18-14-9-2-1-7-12(14)17-13-8-3-5-11-6-4-10-16-15(11)13/h4,6,10,12-14,17-18H,1-3,5,7-9H2. The molecule has 98 valence electrons. The number of nitrogens with one attached hydrogen (secondary N) is 1. The van der Waals surface area contributed by atoms with Gasteiger partial charge < -0.3 is 10.4 Å². The lowest BCUT2D eigenvalue weighted by atomic mass is 9.88. The third kappa shape index (κ3) is 2.43. The predicted molar refractivity (Wildman–Crippen MR) is 71.3 cm³/mol. The number of rotatable bonds is 2. The maximum Gasteiger partial charge on any atom is 0.0693 e. The van der Waals surface area contributed by atoms with E-state index in [1.54, 1.807) is 0 Å². The molecule has 2 aliphatic rings. The molecule has 0 aliphatic heterocycles. The van der Waals surface area contributed by atoms with Gasteiger partial charge >= 0.3 is 0 Å². The molecule has 3 nitrogen and oxygen atoms in total. The summed E-state index contributed by atoms with van der Waals surface area (Å²) in [5, 5.41) is 13.7. The van der Waals surface area contributed by atoms with Crippen LogP contribution >= 0.6 is 0 Å². The first kappa shape index (κ1) is 12.1. The maximum absolute atomic E-state index is 10.1. The van der Waals surface area contributed by atoms with Crippen LogP contribution in [0.1, 0.15) is 55.8 Å². The Labute approximate surface area is 109 Å². The van der Waals surface area contributed by atoms with E-state index in [2.05, 4.69) is 16.4 Å². The summed E-state index contributed by atoms with van der Waals surface area (Å²) in [6.07, 6.45) is 9.67. The summed E-state index contributed by atoms with van der Waals surface area (Å²) in [6, 6.07) is 4.81. The van der Waals surface area contributed by atoms with Gasteiger partial charge in [0.05, 0.1) is 17.8 Å². The summed E-state index contributed by atoms with van der Waals surface area (Å²) in [6.45, 7) is 0. The number of nitrogens with zero attached hydrogens (tertiary/aromatic N) is 1. The van der Waals surface area contributed by atoms with E-state index in [4.69, 9.17) is 0 Å². The van der Waals surface area contributed by atoms with Gasteiger partial charge in [-0.3, -0.25) is 4.98 Å². The summed E-state index contributed by atoms with van der Waals surface area (Å²) < 4.78 is 0. The molecule has 18 heavy (non-hydrogen) atoms. The quantitative estimate of drug-likeness (QED) is 0.842. The van der Waals surface area contributed by atoms with E-state index in [9.17, 15) is 5.11 Å². The van der Waals surface area contributed by atoms with Crippen LogP contribution in [-0.2, 0) is 6.42 Å². The fraction of sp³-hybridized carbons (Fsp3) is 0.667. The van der Waals surface area contributed by atoms with Gasteiger partial charge in [0.2, 0.25) is 0 Å². The van der Waals surface area contributed by atoms with E-state index in [0.717, 1.165) is 25.7 Å². The molecule has 1 saturated carbocycles. The molecule has 0 aromatic carbocycles. The van der Waals surface area contributed by atoms with Gasteiger partial charge in [0.1, 0.15) is 0 Å². The molecular formula is C15H22N2O. The van der Waals surface area contributed by atoms with Crippen LogP contribution in [0, 0.1) is 0 Å². The molecule has 3 atom stereocenters. The highest BCUT2D eigenvalue weighted by Gasteiger charge is 2.28. The third-order valence-electron chi connectivity index (χ3n) is 4.34. The first-order valence-electron chi connectivity index (χ1n) is 7.22. The van der Waals surface area contributed by atoms with Crippen LogP contribution in [0.3, 0.4) is 0 Å². The average Bonchev–Trinajstić information content (AvgIpc) is 2.42. The molecule has 3 unspecified atom stereocenters. The van der Waals surface area contributed by atoms with Crippen LogP contribution in [0.4, 0.5) is 0 Å². The van der Waals surface area contributed by atoms with E-state index >= 15 is 0 Å². The summed E-state index contributed by atoms with van der Waals surface area (Å²) in [4.78, 5) is 4.55. The Balaban J connectivity index is 1.73. The Kier molecular flexibility index (Phi) is 3.62. The van der Waals surface area contributed by atoms with E-state index in [1.165, 1.54) is 30.5 Å². The normalized spacial score (nSPS) is 31.9. The van der Waals surface area contributed by atoms with Crippen molar-refractivity contribution in [2.24, 2.45) is 0 Å². The molecule has 0 saturated heterocycles. The highest BCUT2D eigenvalue weighted by molar-refractivity contribution is 5.25. The molecule has 1 fully saturated rings. The number of hydrogen-bond donors (Lipinski definition) is 2. The number of aliphatic hydroxyl groups excluding tert-OH is 1. The Hall–Kier alpha value is -0.930. The van der Waals surface area contributed by atoms with Crippen LogP contribution < -0.4 is 5.32 Å². The fourth-order valence-electron chi connectivity index (χ4n) is 3.34. The van der Waals surface area contributed by atoms with Crippen molar-refractivity contribution in [3.63, 3.8) is 0 Å². The molecule has 1 aromatic heterocycles. The number of aromatic nitrogens is 1. The molecular weight excluding hydrogens is 224 g/mol. The number of fused-ring (bicyclic) bond motifs is 1. The fourth-order valence-corrected chi connectivity index (χ4v) is 3.34. The Morgan fingerprint density at radius 3 is 2.94 bits per heavy atom. The second-order valence-electron chi connectivity index (χ2n) is 5.62. The van der Waals surface area contributed by atoms with Gasteiger partial charge in [-0.25, -0.2) is 0 Å². The molecule has 2 aliphatic carbocycles. The van der Waals surface area contributed by atoms with Gasteiger partial charge in [-0.2, -0.15) is 0 Å². The Morgan fingerprint density at radius 2 is 2.06 bits per heavy atom. The van der Waals surface area contributed by atoms with Crippen LogP contribution in [0.2, 0.25) is 0 Å². The Bertz CT molecular complexity index is 407. The van der Waals surface area contributed by atoms with Gasteiger partial charge in [0, 0.05) is 12.2 Å². The molecule has 3 rings (SSSR count). The second-order valence-corrected chi connectivity index (χ2v) is 5.62. The minimum absolute atomic E-state index is 0.173. The van der Waals surface area contributed by atoms with E-state index < -0.39 is 0 Å². The highest BCUT2D eigenvalue weighted by Crippen LogP contribution is 2.30. The van der Waals surface area contributed by atoms with E-state index in [-0.39, 0.29) is 12.1 Å². The van der Waals surface area contributed by atoms with Gasteiger partial charge in [-0.15, -0.1) is 0 Å². The average molecular weight is 246 g/mol. The summed E-state index contributed by atoms with van der Waals surface area (Å²) >= 11 is 0. The van der Waals surface area contributed by atoms with E-state index in [1.807, 2.05) is 12.3 Å². The zero-order valence-corrected chi connectivity index (χ0v) is 10.8. The van der Waals surface area contributed by atoms with Crippen molar-refractivity contribution in [1.82, 2.24) is 10.3 Å². The smallest absolute Gasteiger partial charge is 0.0693 e. The van der Waals surface area contributed by atoms with Crippen molar-refractivity contribution in [3.05, 3.63) is 29.6 Å². The van der Waals surface area contributed by atoms with Crippen LogP contribution in [0.15, 0.2) is 18.3 Å². The first-order chi connectivity index (χ1) is 8.84. The molecule has 0 radical (unpaired) electrons. The predicted octanol–water partition coefficient (Wildman–Crippen LogP) is 2.35. The minimum atomic E-state index is -0.173. The summed E-state index contributed by atoms with van der Waals surface area (Å²) in [5.74, 6) is 0. The van der Waals surface area contributed by atoms with Crippen molar-refractivity contribution >= 4 is 0 Å². The van der Waals surface area contributed by atoms with Crippen molar-refractivity contribution in [2.75, 3.05) is 0 Å². The number of aryl methyl sites for hydroxylation is 1. The van der Waals surface area contributed by atoms with Crippen molar-refractivity contribution in [3.8, 4) is 0 Å². The second kappa shape index (κ2) is 5.37. The summed E-state index contributed by atoms with van der Waals surface area (Å²) in [5.41, 5.74) is 2.59. The molecule has 2 N–H and O–H groups in total. The SMILES string of the molecule is OC1CCCCC1NC1CCCc2cccnc21. The molecule has 0 spiro atoms. The highest BCUT2D eigenvalue weighted by atomic mass is 16.3. The number of aliphatic hydroxyl groups is 1. The van der Waals surface area contributed by atoms with Gasteiger partial charge in [0.15, 0.2) is 0 Å². The largest absolute Gasteiger partial charge is 0.392 e. The van der Waals surface area contributed by atoms with Crippen molar-refractivity contribution < 1.29 is 5.11 Å². The van der Waals surface area contributed by atoms with Crippen LogP contribution in [0.25, 0.3) is 0 Å². The van der Waals surface area contributed by atoms with E-state index in [0.29, 0.717) is 6.04 Å². The van der Waals surface area contributed by atoms with Gasteiger partial charge in [-0.05, 0) is 43.7 Å². The lowest BCUT2D eigenvalue weighted by molar-refractivity contribution is 0.0830. The number of pyridine rings is 1. The maximum atomic E-state index is 10.1. The van der Waals surface area contributed by atoms with Gasteiger partial charge in [-0.1, -0.05) is 18.9 Å². The topological polar surface area (TPSA) is 45.1 Å². The van der Waals surface area contributed by atoms with Crippen molar-refractivity contribution in [1.29, 1.82) is 0 Å². The molecule has 3 heteroatoms. The zero-order valence-electron chi connectivity index (χ0n) is 10.8. The third-order valence-corrected chi connectivity index (χ3v) is 4.34. The van der Waals surface area contributed by atoms with Crippen LogP contribution in [0.5, 0.6) is 0 Å². The number of hydrogen-bond acceptors (Lipinski definition) is 3. The van der Waals surface area contributed by atoms with Crippen molar-refractivity contribution in [2.45, 2.75) is 63.1 Å². The molecule has 1 aromatic rings. The zero-order chi connectivity index (χ0) is 12.4. The van der Waals surface area contributed by atoms with Gasteiger partial charge in [0.25, 0.3) is 0 Å². The summed E-state index contributed by atoms with van der Waals surface area (Å²) in [7, 11) is 0. The minimum Gasteiger partial charge on any atom is -0.392 e. The lowest BCUT2D eigenvalue weighted by Gasteiger charge is -2.34. The van der Waals surface area contributed by atoms with Crippen LogP contribution in [-0.4, -0.2) is 22.2 Å².